The number of benzene rings is 2. The van der Waals surface area contributed by atoms with E-state index in [4.69, 9.17) is 4.74 Å². The first-order valence-electron chi connectivity index (χ1n) is 10.7. The Hall–Kier alpha value is -3.22. The van der Waals surface area contributed by atoms with E-state index in [0.717, 1.165) is 60.5 Å². The summed E-state index contributed by atoms with van der Waals surface area (Å²) in [5.41, 5.74) is 3.06. The van der Waals surface area contributed by atoms with Crippen molar-refractivity contribution in [2.45, 2.75) is 52.5 Å². The number of amides is 1. The summed E-state index contributed by atoms with van der Waals surface area (Å²) in [5.74, 6) is 1.65. The van der Waals surface area contributed by atoms with E-state index in [1.807, 2.05) is 32.0 Å². The van der Waals surface area contributed by atoms with E-state index in [2.05, 4.69) is 20.1 Å². The fraction of sp³-hybridized carbons (Fsp3) is 0.375. The van der Waals surface area contributed by atoms with Crippen molar-refractivity contribution < 1.29 is 13.9 Å². The van der Waals surface area contributed by atoms with Gasteiger partial charge in [0.15, 0.2) is 5.82 Å². The van der Waals surface area contributed by atoms with Gasteiger partial charge in [0.1, 0.15) is 17.4 Å². The highest BCUT2D eigenvalue weighted by molar-refractivity contribution is 5.91. The first kappa shape index (κ1) is 21.0. The van der Waals surface area contributed by atoms with Crippen LogP contribution in [0.25, 0.3) is 11.4 Å². The summed E-state index contributed by atoms with van der Waals surface area (Å²) in [6.45, 7) is 5.07. The standard InChI is InChI=1S/C24H27FN4O2/c1-16-7-6-8-21(17(16)2)31-14-12-23(30)26-20-15-18(10-11-19(20)25)24-28-27-22-9-4-3-5-13-29(22)24/h6-8,10-11,15H,3-5,9,12-14H2,1-2H3,(H,26,30). The molecule has 2 aromatic carbocycles. The lowest BCUT2D eigenvalue weighted by Crippen LogP contribution is -2.16. The maximum atomic E-state index is 14.4. The van der Waals surface area contributed by atoms with Crippen molar-refractivity contribution in [3.8, 4) is 17.1 Å². The molecule has 31 heavy (non-hydrogen) atoms. The zero-order valence-electron chi connectivity index (χ0n) is 17.9. The van der Waals surface area contributed by atoms with Gasteiger partial charge in [-0.05, 0) is 62.1 Å². The number of halogens is 1. The van der Waals surface area contributed by atoms with Crippen LogP contribution in [-0.4, -0.2) is 27.3 Å². The molecule has 6 nitrogen and oxygen atoms in total. The summed E-state index contributed by atoms with van der Waals surface area (Å²) in [7, 11) is 0. The van der Waals surface area contributed by atoms with Gasteiger partial charge < -0.3 is 14.6 Å². The molecule has 0 fully saturated rings. The van der Waals surface area contributed by atoms with Crippen molar-refractivity contribution in [3.05, 3.63) is 59.2 Å². The van der Waals surface area contributed by atoms with Crippen LogP contribution in [0.5, 0.6) is 5.75 Å². The van der Waals surface area contributed by atoms with Gasteiger partial charge in [-0.3, -0.25) is 4.79 Å². The Labute approximate surface area is 181 Å². The molecule has 7 heteroatoms. The molecule has 0 aliphatic carbocycles. The second-order valence-corrected chi connectivity index (χ2v) is 7.94. The maximum Gasteiger partial charge on any atom is 0.227 e. The van der Waals surface area contributed by atoms with Crippen molar-refractivity contribution in [2.75, 3.05) is 11.9 Å². The third-order valence-corrected chi connectivity index (χ3v) is 5.75. The molecule has 0 radical (unpaired) electrons. The lowest BCUT2D eigenvalue weighted by atomic mass is 10.1. The highest BCUT2D eigenvalue weighted by atomic mass is 19.1. The smallest absolute Gasteiger partial charge is 0.227 e. The van der Waals surface area contributed by atoms with E-state index in [1.54, 1.807) is 12.1 Å². The van der Waals surface area contributed by atoms with E-state index < -0.39 is 5.82 Å². The molecule has 1 amide bonds. The number of aromatic nitrogens is 3. The van der Waals surface area contributed by atoms with E-state index >= 15 is 0 Å². The zero-order chi connectivity index (χ0) is 21.8. The number of anilines is 1. The minimum atomic E-state index is -0.483. The number of rotatable bonds is 6. The molecule has 0 saturated heterocycles. The third-order valence-electron chi connectivity index (χ3n) is 5.75. The van der Waals surface area contributed by atoms with Crippen LogP contribution in [0.1, 0.15) is 42.6 Å². The number of fused-ring (bicyclic) bond motifs is 1. The normalized spacial score (nSPS) is 13.4. The molecular formula is C24H27FN4O2. The number of hydrogen-bond donors (Lipinski definition) is 1. The Morgan fingerprint density at radius 1 is 1.16 bits per heavy atom. The Bertz CT molecular complexity index is 1090. The predicted octanol–water partition coefficient (Wildman–Crippen LogP) is 4.84. The molecule has 1 aliphatic rings. The number of ether oxygens (including phenoxy) is 1. The number of nitrogens with zero attached hydrogens (tertiary/aromatic N) is 3. The molecule has 1 aliphatic heterocycles. The summed E-state index contributed by atoms with van der Waals surface area (Å²) in [6, 6.07) is 10.5. The minimum absolute atomic E-state index is 0.122. The Morgan fingerprint density at radius 2 is 2.03 bits per heavy atom. The largest absolute Gasteiger partial charge is 0.493 e. The molecule has 0 spiro atoms. The zero-order valence-corrected chi connectivity index (χ0v) is 17.9. The monoisotopic (exact) mass is 422 g/mol. The second kappa shape index (κ2) is 9.29. The highest BCUT2D eigenvalue weighted by Crippen LogP contribution is 2.27. The van der Waals surface area contributed by atoms with Gasteiger partial charge in [-0.2, -0.15) is 0 Å². The molecule has 0 saturated carbocycles. The van der Waals surface area contributed by atoms with Crippen LogP contribution in [0.4, 0.5) is 10.1 Å². The average molecular weight is 423 g/mol. The van der Waals surface area contributed by atoms with Crippen molar-refractivity contribution in [2.24, 2.45) is 0 Å². The Balaban J connectivity index is 1.42. The van der Waals surface area contributed by atoms with Crippen molar-refractivity contribution in [3.63, 3.8) is 0 Å². The minimum Gasteiger partial charge on any atom is -0.493 e. The Kier molecular flexibility index (Phi) is 6.30. The molecule has 162 valence electrons. The van der Waals surface area contributed by atoms with Crippen LogP contribution >= 0.6 is 0 Å². The van der Waals surface area contributed by atoms with Gasteiger partial charge in [0.05, 0.1) is 18.7 Å². The maximum absolute atomic E-state index is 14.4. The highest BCUT2D eigenvalue weighted by Gasteiger charge is 2.17. The molecule has 0 bridgehead atoms. The second-order valence-electron chi connectivity index (χ2n) is 7.94. The third kappa shape index (κ3) is 4.76. The lowest BCUT2D eigenvalue weighted by molar-refractivity contribution is -0.116. The summed E-state index contributed by atoms with van der Waals surface area (Å²) in [4.78, 5) is 12.4. The first-order valence-corrected chi connectivity index (χ1v) is 10.7. The van der Waals surface area contributed by atoms with Crippen molar-refractivity contribution in [1.82, 2.24) is 14.8 Å². The summed E-state index contributed by atoms with van der Waals surface area (Å²) >= 11 is 0. The average Bonchev–Trinajstić information content (AvgIpc) is 3.01. The van der Waals surface area contributed by atoms with E-state index in [-0.39, 0.29) is 24.6 Å². The van der Waals surface area contributed by atoms with Gasteiger partial charge in [-0.15, -0.1) is 10.2 Å². The molecule has 3 aromatic rings. The topological polar surface area (TPSA) is 69.0 Å². The molecular weight excluding hydrogens is 395 g/mol. The van der Waals surface area contributed by atoms with Gasteiger partial charge in [0, 0.05) is 18.5 Å². The number of carbonyl (C=O) groups excluding carboxylic acids is 1. The first-order chi connectivity index (χ1) is 15.0. The van der Waals surface area contributed by atoms with Crippen LogP contribution < -0.4 is 10.1 Å². The van der Waals surface area contributed by atoms with Gasteiger partial charge in [0.2, 0.25) is 5.91 Å². The number of carbonyl (C=O) groups is 1. The fourth-order valence-corrected chi connectivity index (χ4v) is 3.81. The Morgan fingerprint density at radius 3 is 2.90 bits per heavy atom. The number of aryl methyl sites for hydroxylation is 2. The summed E-state index contributed by atoms with van der Waals surface area (Å²) < 4.78 is 22.2. The predicted molar refractivity (Wildman–Crippen MR) is 118 cm³/mol. The van der Waals surface area contributed by atoms with Gasteiger partial charge in [-0.25, -0.2) is 4.39 Å². The summed E-state index contributed by atoms with van der Waals surface area (Å²) in [6.07, 6.45) is 4.36. The molecule has 1 aromatic heterocycles. The molecule has 4 rings (SSSR count). The van der Waals surface area contributed by atoms with Crippen LogP contribution in [0.3, 0.4) is 0 Å². The van der Waals surface area contributed by atoms with Crippen molar-refractivity contribution >= 4 is 11.6 Å². The van der Waals surface area contributed by atoms with Crippen LogP contribution in [0, 0.1) is 19.7 Å². The number of nitrogens with one attached hydrogen (secondary N) is 1. The lowest BCUT2D eigenvalue weighted by Gasteiger charge is -2.12. The van der Waals surface area contributed by atoms with Crippen LogP contribution in [0.2, 0.25) is 0 Å². The molecule has 2 heterocycles. The van der Waals surface area contributed by atoms with Gasteiger partial charge >= 0.3 is 0 Å². The van der Waals surface area contributed by atoms with E-state index in [9.17, 15) is 9.18 Å². The van der Waals surface area contributed by atoms with Gasteiger partial charge in [0.25, 0.3) is 0 Å². The molecule has 1 N–H and O–H groups in total. The van der Waals surface area contributed by atoms with E-state index in [1.165, 1.54) is 6.07 Å². The molecule has 0 unspecified atom stereocenters. The van der Waals surface area contributed by atoms with E-state index in [0.29, 0.717) is 5.82 Å². The van der Waals surface area contributed by atoms with Crippen molar-refractivity contribution in [1.29, 1.82) is 0 Å². The molecule has 0 atom stereocenters. The van der Waals surface area contributed by atoms with Gasteiger partial charge in [-0.1, -0.05) is 18.6 Å². The SMILES string of the molecule is Cc1cccc(OCCC(=O)Nc2cc(-c3nnc4n3CCCCC4)ccc2F)c1C. The quantitative estimate of drug-likeness (QED) is 0.617. The summed E-state index contributed by atoms with van der Waals surface area (Å²) in [5, 5.41) is 11.3. The van der Waals surface area contributed by atoms with Crippen LogP contribution in [-0.2, 0) is 17.8 Å². The number of hydrogen-bond acceptors (Lipinski definition) is 4. The van der Waals surface area contributed by atoms with Crippen LogP contribution in [0.15, 0.2) is 36.4 Å². The fourth-order valence-electron chi connectivity index (χ4n) is 3.81.